The first-order chi connectivity index (χ1) is 12.6. The molecule has 0 unspecified atom stereocenters. The van der Waals surface area contributed by atoms with E-state index in [0.717, 1.165) is 27.8 Å². The third-order valence-electron chi connectivity index (χ3n) is 4.37. The average Bonchev–Trinajstić information content (AvgIpc) is 2.65. The van der Waals surface area contributed by atoms with Crippen molar-refractivity contribution in [2.45, 2.75) is 26.3 Å². The SMILES string of the molecule is COc1ccccc1CCC(=O)NCc1cc2cc(C)ccc2[nH]c1=O. The van der Waals surface area contributed by atoms with Crippen LogP contribution in [-0.4, -0.2) is 18.0 Å². The van der Waals surface area contributed by atoms with Crippen molar-refractivity contribution < 1.29 is 9.53 Å². The van der Waals surface area contributed by atoms with Crippen molar-refractivity contribution in [2.75, 3.05) is 7.11 Å². The summed E-state index contributed by atoms with van der Waals surface area (Å²) in [6.07, 6.45) is 0.925. The lowest BCUT2D eigenvalue weighted by atomic mass is 10.1. The lowest BCUT2D eigenvalue weighted by Crippen LogP contribution is -2.26. The molecular formula is C21H22N2O3. The molecule has 0 spiro atoms. The highest BCUT2D eigenvalue weighted by molar-refractivity contribution is 5.80. The summed E-state index contributed by atoms with van der Waals surface area (Å²) < 4.78 is 5.30. The highest BCUT2D eigenvalue weighted by Crippen LogP contribution is 2.18. The molecule has 3 aromatic rings. The van der Waals surface area contributed by atoms with Crippen molar-refractivity contribution >= 4 is 16.8 Å². The molecule has 0 saturated heterocycles. The molecule has 2 aromatic carbocycles. The number of fused-ring (bicyclic) bond motifs is 1. The number of amides is 1. The number of hydrogen-bond acceptors (Lipinski definition) is 3. The molecule has 0 aliphatic rings. The molecular weight excluding hydrogens is 328 g/mol. The average molecular weight is 350 g/mol. The minimum atomic E-state index is -0.175. The fourth-order valence-electron chi connectivity index (χ4n) is 2.94. The summed E-state index contributed by atoms with van der Waals surface area (Å²) in [5.41, 5.74) is 3.28. The lowest BCUT2D eigenvalue weighted by Gasteiger charge is -2.09. The smallest absolute Gasteiger partial charge is 0.253 e. The van der Waals surface area contributed by atoms with Crippen molar-refractivity contribution in [3.05, 3.63) is 75.6 Å². The van der Waals surface area contributed by atoms with Gasteiger partial charge in [-0.1, -0.05) is 29.8 Å². The fourth-order valence-corrected chi connectivity index (χ4v) is 2.94. The number of rotatable bonds is 6. The highest BCUT2D eigenvalue weighted by atomic mass is 16.5. The van der Waals surface area contributed by atoms with Crippen LogP contribution in [0.25, 0.3) is 10.9 Å². The van der Waals surface area contributed by atoms with Gasteiger partial charge in [0.15, 0.2) is 0 Å². The Kier molecular flexibility index (Phi) is 5.37. The van der Waals surface area contributed by atoms with Crippen LogP contribution in [0.1, 0.15) is 23.1 Å². The van der Waals surface area contributed by atoms with Crippen LogP contribution in [0.5, 0.6) is 5.75 Å². The maximum Gasteiger partial charge on any atom is 0.253 e. The number of carbonyl (C=O) groups is 1. The van der Waals surface area contributed by atoms with Gasteiger partial charge in [-0.3, -0.25) is 9.59 Å². The molecule has 5 heteroatoms. The zero-order valence-electron chi connectivity index (χ0n) is 15.0. The molecule has 0 aliphatic heterocycles. The van der Waals surface area contributed by atoms with Gasteiger partial charge in [-0.15, -0.1) is 0 Å². The Morgan fingerprint density at radius 2 is 1.92 bits per heavy atom. The molecule has 0 radical (unpaired) electrons. The van der Waals surface area contributed by atoms with Crippen LogP contribution >= 0.6 is 0 Å². The zero-order valence-corrected chi connectivity index (χ0v) is 15.0. The second-order valence-electron chi connectivity index (χ2n) is 6.30. The first-order valence-corrected chi connectivity index (χ1v) is 8.58. The Bertz CT molecular complexity index is 992. The van der Waals surface area contributed by atoms with Crippen LogP contribution in [-0.2, 0) is 17.8 Å². The van der Waals surface area contributed by atoms with Crippen molar-refractivity contribution in [1.29, 1.82) is 0 Å². The van der Waals surface area contributed by atoms with Crippen LogP contribution < -0.4 is 15.6 Å². The molecule has 0 bridgehead atoms. The molecule has 2 N–H and O–H groups in total. The molecule has 1 amide bonds. The van der Waals surface area contributed by atoms with Crippen molar-refractivity contribution in [3.8, 4) is 5.75 Å². The van der Waals surface area contributed by atoms with E-state index in [-0.39, 0.29) is 18.0 Å². The number of para-hydroxylation sites is 1. The van der Waals surface area contributed by atoms with E-state index < -0.39 is 0 Å². The third-order valence-corrected chi connectivity index (χ3v) is 4.37. The number of aromatic amines is 1. The number of aryl methyl sites for hydroxylation is 2. The minimum Gasteiger partial charge on any atom is -0.496 e. The summed E-state index contributed by atoms with van der Waals surface area (Å²) in [5.74, 6) is 0.682. The number of carbonyl (C=O) groups excluding carboxylic acids is 1. The van der Waals surface area contributed by atoms with Crippen LogP contribution in [0.15, 0.2) is 53.3 Å². The van der Waals surface area contributed by atoms with E-state index in [0.29, 0.717) is 18.4 Å². The monoisotopic (exact) mass is 350 g/mol. The first-order valence-electron chi connectivity index (χ1n) is 8.58. The van der Waals surface area contributed by atoms with E-state index in [1.54, 1.807) is 7.11 Å². The molecule has 26 heavy (non-hydrogen) atoms. The van der Waals surface area contributed by atoms with Gasteiger partial charge in [0.1, 0.15) is 5.75 Å². The maximum absolute atomic E-state index is 12.2. The van der Waals surface area contributed by atoms with Gasteiger partial charge in [-0.25, -0.2) is 0 Å². The predicted octanol–water partition coefficient (Wildman–Crippen LogP) is 3.09. The minimum absolute atomic E-state index is 0.0976. The van der Waals surface area contributed by atoms with Gasteiger partial charge in [0.2, 0.25) is 5.91 Å². The summed E-state index contributed by atoms with van der Waals surface area (Å²) in [6.45, 7) is 2.22. The van der Waals surface area contributed by atoms with Gasteiger partial charge in [0.05, 0.1) is 7.11 Å². The van der Waals surface area contributed by atoms with Gasteiger partial charge < -0.3 is 15.0 Å². The normalized spacial score (nSPS) is 10.7. The summed E-state index contributed by atoms with van der Waals surface area (Å²) in [6, 6.07) is 15.3. The van der Waals surface area contributed by atoms with Crippen molar-refractivity contribution in [1.82, 2.24) is 10.3 Å². The molecule has 0 aliphatic carbocycles. The van der Waals surface area contributed by atoms with Gasteiger partial charge in [-0.05, 0) is 48.6 Å². The molecule has 0 fully saturated rings. The largest absolute Gasteiger partial charge is 0.496 e. The Hall–Kier alpha value is -3.08. The number of benzene rings is 2. The number of aromatic nitrogens is 1. The van der Waals surface area contributed by atoms with E-state index in [1.807, 2.05) is 55.5 Å². The molecule has 0 saturated carbocycles. The topological polar surface area (TPSA) is 71.2 Å². The number of ether oxygens (including phenoxy) is 1. The molecule has 134 valence electrons. The summed E-state index contributed by atoms with van der Waals surface area (Å²) >= 11 is 0. The highest BCUT2D eigenvalue weighted by Gasteiger charge is 2.08. The number of H-pyrrole nitrogens is 1. The Balaban J connectivity index is 1.63. The fraction of sp³-hybridized carbons (Fsp3) is 0.238. The molecule has 3 rings (SSSR count). The zero-order chi connectivity index (χ0) is 18.5. The second kappa shape index (κ2) is 7.87. The Labute approximate surface area is 152 Å². The quantitative estimate of drug-likeness (QED) is 0.718. The third kappa shape index (κ3) is 4.11. The number of hydrogen-bond donors (Lipinski definition) is 2. The standard InChI is InChI=1S/C21H22N2O3/c1-14-7-9-18-16(11-14)12-17(21(25)23-18)13-22-20(24)10-8-15-5-3-4-6-19(15)26-2/h3-7,9,11-12H,8,10,13H2,1-2H3,(H,22,24)(H,23,25). The van der Waals surface area contributed by atoms with Gasteiger partial charge in [0, 0.05) is 24.0 Å². The number of methoxy groups -OCH3 is 1. The van der Waals surface area contributed by atoms with E-state index >= 15 is 0 Å². The summed E-state index contributed by atoms with van der Waals surface area (Å²) in [5, 5.41) is 3.79. The summed E-state index contributed by atoms with van der Waals surface area (Å²) in [7, 11) is 1.62. The Morgan fingerprint density at radius 3 is 2.73 bits per heavy atom. The van der Waals surface area contributed by atoms with Crippen LogP contribution in [0.3, 0.4) is 0 Å². The van der Waals surface area contributed by atoms with Gasteiger partial charge in [-0.2, -0.15) is 0 Å². The van der Waals surface area contributed by atoms with Crippen LogP contribution in [0.2, 0.25) is 0 Å². The molecule has 1 aromatic heterocycles. The van der Waals surface area contributed by atoms with Crippen LogP contribution in [0.4, 0.5) is 0 Å². The summed E-state index contributed by atoms with van der Waals surface area (Å²) in [4.78, 5) is 27.2. The van der Waals surface area contributed by atoms with E-state index in [1.165, 1.54) is 0 Å². The van der Waals surface area contributed by atoms with Crippen LogP contribution in [0, 0.1) is 6.92 Å². The van der Waals surface area contributed by atoms with E-state index in [2.05, 4.69) is 10.3 Å². The molecule has 0 atom stereocenters. The molecule has 1 heterocycles. The van der Waals surface area contributed by atoms with E-state index in [4.69, 9.17) is 4.74 Å². The molecule has 5 nitrogen and oxygen atoms in total. The number of pyridine rings is 1. The van der Waals surface area contributed by atoms with Crippen molar-refractivity contribution in [2.24, 2.45) is 0 Å². The van der Waals surface area contributed by atoms with Gasteiger partial charge >= 0.3 is 0 Å². The lowest BCUT2D eigenvalue weighted by molar-refractivity contribution is -0.121. The maximum atomic E-state index is 12.2. The van der Waals surface area contributed by atoms with E-state index in [9.17, 15) is 9.59 Å². The number of nitrogens with one attached hydrogen (secondary N) is 2. The van der Waals surface area contributed by atoms with Crippen molar-refractivity contribution in [3.63, 3.8) is 0 Å². The van der Waals surface area contributed by atoms with Gasteiger partial charge in [0.25, 0.3) is 5.56 Å². The first kappa shape index (κ1) is 17.7. The second-order valence-corrected chi connectivity index (χ2v) is 6.30. The Morgan fingerprint density at radius 1 is 1.12 bits per heavy atom. The predicted molar refractivity (Wildman–Crippen MR) is 102 cm³/mol.